The van der Waals surface area contributed by atoms with Crippen LogP contribution < -0.4 is 11.3 Å². The molecule has 6 heteroatoms. The maximum atomic E-state index is 8.89. The predicted molar refractivity (Wildman–Crippen MR) is 30.1 cm³/mol. The Bertz CT molecular complexity index is 62.8. The number of carboxylic acid groups (broad SMARTS) is 2. The second-order valence-corrected chi connectivity index (χ2v) is 0.597. The molecule has 0 saturated carbocycles. The average Bonchev–Trinajstić information content (AvgIpc) is 1.33. The molecule has 0 aliphatic rings. The van der Waals surface area contributed by atoms with Gasteiger partial charge in [0.05, 0.1) is 0 Å². The van der Waals surface area contributed by atoms with Crippen molar-refractivity contribution in [2.45, 2.75) is 6.92 Å². The Balaban J connectivity index is -0.0000000233. The van der Waals surface area contributed by atoms with Gasteiger partial charge in [-0.25, -0.2) is 0 Å². The van der Waals surface area contributed by atoms with E-state index in [1.54, 1.807) is 0 Å². The van der Waals surface area contributed by atoms with Gasteiger partial charge in [0, 0.05) is 5.97 Å². The van der Waals surface area contributed by atoms with Crippen molar-refractivity contribution in [3.05, 3.63) is 0 Å². The molecule has 51 valence electrons. The zero-order valence-corrected chi connectivity index (χ0v) is 8.64. The molecule has 4 N–H and O–H groups in total. The number of hydrogen-bond donors (Lipinski definition) is 2. The standard InChI is InChI=1S/C2H4O2.CH2O2.H3N.Sr/c1-2(3)4;2-1-3;;/h1H3,(H,3,4);1H,(H,2,3);1H3;/q;;;+1/p-1. The van der Waals surface area contributed by atoms with Crippen LogP contribution in [0.1, 0.15) is 6.92 Å². The van der Waals surface area contributed by atoms with E-state index in [0.29, 0.717) is 0 Å². The van der Waals surface area contributed by atoms with Gasteiger partial charge in [0.1, 0.15) is 0 Å². The van der Waals surface area contributed by atoms with Crippen molar-refractivity contribution in [2.24, 2.45) is 0 Å². The number of carboxylic acids is 1. The van der Waals surface area contributed by atoms with Crippen molar-refractivity contribution in [3.8, 4) is 0 Å². The van der Waals surface area contributed by atoms with Gasteiger partial charge in [-0.1, -0.05) is 0 Å². The maximum absolute atomic E-state index is 8.89. The van der Waals surface area contributed by atoms with Gasteiger partial charge in [-0.05, 0) is 6.92 Å². The molecule has 0 aromatic heterocycles. The van der Waals surface area contributed by atoms with E-state index in [1.807, 2.05) is 0 Å². The van der Waals surface area contributed by atoms with E-state index in [2.05, 4.69) is 0 Å². The van der Waals surface area contributed by atoms with Crippen LogP contribution >= 0.6 is 0 Å². The third kappa shape index (κ3) is 2360. The summed E-state index contributed by atoms with van der Waals surface area (Å²) in [5, 5.41) is 15.8. The van der Waals surface area contributed by atoms with Crippen LogP contribution in [-0.2, 0) is 9.59 Å². The van der Waals surface area contributed by atoms with Gasteiger partial charge in [-0.2, -0.15) is 0 Å². The normalized spacial score (nSPS) is 4.11. The molecule has 0 rings (SSSR count). The average molecular weight is 210 g/mol. The summed E-state index contributed by atoms with van der Waals surface area (Å²) in [6, 6.07) is 0. The first-order valence-electron chi connectivity index (χ1n) is 1.40. The molecule has 0 aromatic carbocycles. The number of rotatable bonds is 0. The number of carbonyl (C=O) groups is 2. The van der Waals surface area contributed by atoms with Crippen LogP contribution in [0.4, 0.5) is 0 Å². The Labute approximate surface area is 89.9 Å². The first kappa shape index (κ1) is 22.8. The van der Waals surface area contributed by atoms with E-state index in [1.165, 1.54) is 0 Å². The first-order valence-corrected chi connectivity index (χ1v) is 1.40. The fraction of sp³-hybridized carbons (Fsp3) is 0.333. The minimum atomic E-state index is -1.08. The third-order valence-electron chi connectivity index (χ3n) is 0. The number of aliphatic carboxylic acids is 1. The number of hydrogen-bond acceptors (Lipinski definition) is 4. The summed E-state index contributed by atoms with van der Waals surface area (Å²) < 4.78 is 0. The Morgan fingerprint density at radius 2 is 1.67 bits per heavy atom. The van der Waals surface area contributed by atoms with Gasteiger partial charge in [-0.15, -0.1) is 0 Å². The summed E-state index contributed by atoms with van der Waals surface area (Å²) in [6.07, 6.45) is 0. The molecule has 5 nitrogen and oxygen atoms in total. The molecule has 0 bridgehead atoms. The van der Waals surface area contributed by atoms with Gasteiger partial charge in [0.15, 0.2) is 0 Å². The van der Waals surface area contributed by atoms with E-state index in [-0.39, 0.29) is 58.1 Å². The van der Waals surface area contributed by atoms with Crippen LogP contribution in [0.25, 0.3) is 0 Å². The third-order valence-corrected chi connectivity index (χ3v) is 0. The molecule has 0 atom stereocenters. The number of carbonyl (C=O) groups excluding carboxylic acids is 1. The van der Waals surface area contributed by atoms with Crippen molar-refractivity contribution in [1.29, 1.82) is 0 Å². The quantitative estimate of drug-likeness (QED) is 0.363. The minimum Gasteiger partial charge on any atom is -0.550 e. The predicted octanol–water partition coefficient (Wildman–Crippen LogP) is -1.76. The van der Waals surface area contributed by atoms with E-state index < -0.39 is 5.97 Å². The SMILES string of the molecule is CC(=O)[O-].N.O=CO.[Sr+]. The van der Waals surface area contributed by atoms with Crippen LogP contribution in [0.2, 0.25) is 0 Å². The maximum Gasteiger partial charge on any atom is 1.00 e. The second kappa shape index (κ2) is 23.8. The van der Waals surface area contributed by atoms with E-state index >= 15 is 0 Å². The Morgan fingerprint density at radius 1 is 1.67 bits per heavy atom. The molecular formula is C3H8NO4Sr. The summed E-state index contributed by atoms with van der Waals surface area (Å²) in [4.78, 5) is 17.2. The summed E-state index contributed by atoms with van der Waals surface area (Å²) in [6.45, 7) is 0.722. The Hall–Kier alpha value is 0.381. The zero-order valence-electron chi connectivity index (χ0n) is 5.16. The molecule has 0 aliphatic carbocycles. The van der Waals surface area contributed by atoms with Crippen LogP contribution in [0.3, 0.4) is 0 Å². The largest absolute Gasteiger partial charge is 1.00 e. The molecule has 0 fully saturated rings. The molecular weight excluding hydrogens is 202 g/mol. The van der Waals surface area contributed by atoms with Crippen molar-refractivity contribution in [1.82, 2.24) is 6.15 Å². The molecule has 0 unspecified atom stereocenters. The first-order chi connectivity index (χ1) is 3.15. The molecule has 0 amide bonds. The van der Waals surface area contributed by atoms with Gasteiger partial charge in [0.2, 0.25) is 0 Å². The smallest absolute Gasteiger partial charge is 0.550 e. The summed E-state index contributed by atoms with van der Waals surface area (Å²) in [7, 11) is 0. The molecule has 0 saturated heterocycles. The van der Waals surface area contributed by atoms with Crippen LogP contribution in [-0.4, -0.2) is 63.0 Å². The van der Waals surface area contributed by atoms with Crippen LogP contribution in [0, 0.1) is 0 Å². The Kier molecular flexibility index (Phi) is 60.2. The summed E-state index contributed by atoms with van der Waals surface area (Å²) in [5.41, 5.74) is 0. The fourth-order valence-electron chi connectivity index (χ4n) is 0. The van der Waals surface area contributed by atoms with Crippen molar-refractivity contribution in [3.63, 3.8) is 0 Å². The van der Waals surface area contributed by atoms with Gasteiger partial charge < -0.3 is 21.2 Å². The second-order valence-electron chi connectivity index (χ2n) is 0.597. The molecule has 0 aromatic rings. The molecule has 1 radical (unpaired) electrons. The Morgan fingerprint density at radius 3 is 1.67 bits per heavy atom. The van der Waals surface area contributed by atoms with Crippen molar-refractivity contribution < 1.29 is 19.8 Å². The topological polar surface area (TPSA) is 112 Å². The van der Waals surface area contributed by atoms with Crippen LogP contribution in [0.5, 0.6) is 0 Å². The van der Waals surface area contributed by atoms with E-state index in [9.17, 15) is 0 Å². The minimum absolute atomic E-state index is 0. The van der Waals surface area contributed by atoms with Crippen LogP contribution in [0.15, 0.2) is 0 Å². The fourth-order valence-corrected chi connectivity index (χ4v) is 0. The zero-order chi connectivity index (χ0) is 6.28. The molecule has 9 heavy (non-hydrogen) atoms. The van der Waals surface area contributed by atoms with E-state index in [4.69, 9.17) is 19.8 Å². The summed E-state index contributed by atoms with van der Waals surface area (Å²) >= 11 is 0. The summed E-state index contributed by atoms with van der Waals surface area (Å²) in [5.74, 6) is -1.08. The van der Waals surface area contributed by atoms with Gasteiger partial charge >= 0.3 is 45.5 Å². The van der Waals surface area contributed by atoms with Crippen molar-refractivity contribution >= 4 is 57.9 Å². The molecule has 0 spiro atoms. The van der Waals surface area contributed by atoms with E-state index in [0.717, 1.165) is 6.92 Å². The van der Waals surface area contributed by atoms with Crippen molar-refractivity contribution in [2.75, 3.05) is 0 Å². The molecule has 0 aliphatic heterocycles. The monoisotopic (exact) mass is 210 g/mol. The molecule has 0 heterocycles. The van der Waals surface area contributed by atoms with Gasteiger partial charge in [0.25, 0.3) is 6.47 Å². The van der Waals surface area contributed by atoms with Gasteiger partial charge in [-0.3, -0.25) is 4.79 Å².